The molecule has 0 aliphatic rings. The maximum Gasteiger partial charge on any atom is 0.361 e. The van der Waals surface area contributed by atoms with E-state index in [9.17, 15) is 19.2 Å². The number of carboxylic acids is 1. The lowest BCUT2D eigenvalue weighted by molar-refractivity contribution is -0.134. The lowest BCUT2D eigenvalue weighted by Crippen LogP contribution is -2.34. The van der Waals surface area contributed by atoms with Crippen LogP contribution in [0.25, 0.3) is 67.0 Å². The standard InChI is InChI=1S/C27H19N3O.C26H18O2.C2H4O2.CH5N3O/c31-27-28-25(23-15-11-21(12-16-23)19-7-3-1-4-8-19)26(29-30-27)24-17-13-22(14-18-24)20-9-5-2-6-10-20;27-25(23-15-11-21(12-16-23)19-7-3-1-4-8-19)26(28)24-17-13-22(14-18-24)20-9-5-2-6-10-20;1-2(3)4;2-1(5)4-3/h1-18H,(H,28,30,31);1-18H;1H3,(H,3,4);3H2,(H3,2,4,5). The smallest absolute Gasteiger partial charge is 0.361 e. The second-order valence-electron chi connectivity index (χ2n) is 14.8. The Hall–Kier alpha value is -9.39. The van der Waals surface area contributed by atoms with Gasteiger partial charge in [-0.15, -0.1) is 0 Å². The zero-order chi connectivity index (χ0) is 48.3. The van der Waals surface area contributed by atoms with Gasteiger partial charge in [0.15, 0.2) is 0 Å². The molecule has 0 unspecified atom stereocenters. The molecule has 0 radical (unpaired) electrons. The first-order valence-corrected chi connectivity index (χ1v) is 21.1. The molecule has 2 amide bonds. The van der Waals surface area contributed by atoms with Gasteiger partial charge in [-0.2, -0.15) is 10.1 Å². The van der Waals surface area contributed by atoms with Gasteiger partial charge < -0.3 is 10.8 Å². The summed E-state index contributed by atoms with van der Waals surface area (Å²) >= 11 is 0. The average molecular weight is 899 g/mol. The van der Waals surface area contributed by atoms with Crippen LogP contribution in [0.1, 0.15) is 27.6 Å². The fourth-order valence-electron chi connectivity index (χ4n) is 6.79. The summed E-state index contributed by atoms with van der Waals surface area (Å²) in [5.74, 6) is 2.63. The quantitative estimate of drug-likeness (QED) is 0.0306. The number of H-pyrrole nitrogens is 1. The van der Waals surface area contributed by atoms with Crippen molar-refractivity contribution in [1.82, 2.24) is 20.6 Å². The SMILES string of the molecule is CC(=O)O.NNC(N)=O.O=C(C(=O)c1ccc(-c2ccccc2)cc1)c1ccc(-c2ccccc2)cc1.O=c1nc(-c2ccc(-c3ccccc3)cc2)c(-c2ccc(-c3ccccc3)cc2)n[nH]1. The average Bonchev–Trinajstić information content (AvgIpc) is 3.39. The number of aliphatic carboxylic acids is 1. The number of urea groups is 1. The van der Waals surface area contributed by atoms with Crippen molar-refractivity contribution in [2.24, 2.45) is 11.6 Å². The summed E-state index contributed by atoms with van der Waals surface area (Å²) in [7, 11) is 0. The van der Waals surface area contributed by atoms with E-state index in [0.29, 0.717) is 22.5 Å². The summed E-state index contributed by atoms with van der Waals surface area (Å²) < 4.78 is 0. The summed E-state index contributed by atoms with van der Waals surface area (Å²) in [6, 6.07) is 70.0. The minimum Gasteiger partial charge on any atom is -0.481 e. The predicted octanol–water partition coefficient (Wildman–Crippen LogP) is 10.5. The monoisotopic (exact) mass is 898 g/mol. The number of nitrogens with two attached hydrogens (primary N) is 2. The zero-order valence-corrected chi connectivity index (χ0v) is 36.8. The highest BCUT2D eigenvalue weighted by atomic mass is 16.4. The van der Waals surface area contributed by atoms with Crippen molar-refractivity contribution in [3.05, 3.63) is 240 Å². The first kappa shape index (κ1) is 48.1. The number of carboxylic acid groups (broad SMARTS) is 1. The van der Waals surface area contributed by atoms with Crippen molar-refractivity contribution < 1.29 is 24.3 Å². The number of aromatic amines is 1. The minimum absolute atomic E-state index is 0.400. The molecule has 0 fully saturated rings. The minimum atomic E-state index is -0.833. The number of aromatic nitrogens is 3. The van der Waals surface area contributed by atoms with Gasteiger partial charge in [0.1, 0.15) is 11.4 Å². The summed E-state index contributed by atoms with van der Waals surface area (Å²) in [5, 5.41) is 14.2. The molecule has 0 atom stereocenters. The highest BCUT2D eigenvalue weighted by molar-refractivity contribution is 6.49. The van der Waals surface area contributed by atoms with Gasteiger partial charge in [-0.1, -0.05) is 218 Å². The Balaban J connectivity index is 0.000000191. The Morgan fingerprint density at radius 1 is 0.426 bits per heavy atom. The molecule has 0 aliphatic heterocycles. The van der Waals surface area contributed by atoms with Gasteiger partial charge >= 0.3 is 11.7 Å². The van der Waals surface area contributed by atoms with E-state index in [2.05, 4.69) is 63.2 Å². The first-order valence-electron chi connectivity index (χ1n) is 21.1. The van der Waals surface area contributed by atoms with Gasteiger partial charge in [0, 0.05) is 29.2 Å². The maximum atomic E-state index is 12.6. The van der Waals surface area contributed by atoms with Crippen molar-refractivity contribution >= 4 is 23.6 Å². The van der Waals surface area contributed by atoms with Crippen LogP contribution in [0.5, 0.6) is 0 Å². The van der Waals surface area contributed by atoms with Gasteiger partial charge in [-0.25, -0.2) is 20.5 Å². The molecule has 336 valence electrons. The summed E-state index contributed by atoms with van der Waals surface area (Å²) in [5.41, 5.74) is 18.1. The fourth-order valence-corrected chi connectivity index (χ4v) is 6.79. The molecular formula is C56H46N6O6. The Morgan fingerprint density at radius 2 is 0.662 bits per heavy atom. The molecule has 9 aromatic rings. The molecule has 12 nitrogen and oxygen atoms in total. The molecule has 0 bridgehead atoms. The number of rotatable bonds is 9. The van der Waals surface area contributed by atoms with Crippen LogP contribution in [-0.2, 0) is 4.79 Å². The highest BCUT2D eigenvalue weighted by Gasteiger charge is 2.19. The van der Waals surface area contributed by atoms with Crippen molar-refractivity contribution in [2.45, 2.75) is 6.92 Å². The number of carbonyl (C=O) groups excluding carboxylic acids is 3. The van der Waals surface area contributed by atoms with E-state index >= 15 is 0 Å². The number of Topliss-reactive ketones (excluding diaryl/α,β-unsaturated/α-hetero) is 2. The van der Waals surface area contributed by atoms with Crippen LogP contribution >= 0.6 is 0 Å². The number of amides is 2. The molecule has 68 heavy (non-hydrogen) atoms. The maximum absolute atomic E-state index is 12.6. The van der Waals surface area contributed by atoms with Crippen LogP contribution in [-0.4, -0.2) is 43.9 Å². The topological polar surface area (TPSA) is 211 Å². The van der Waals surface area contributed by atoms with Crippen molar-refractivity contribution in [3.63, 3.8) is 0 Å². The largest absolute Gasteiger partial charge is 0.481 e. The van der Waals surface area contributed by atoms with E-state index < -0.39 is 29.3 Å². The molecule has 12 heteroatoms. The Kier molecular flexibility index (Phi) is 17.0. The van der Waals surface area contributed by atoms with Gasteiger partial charge in [0.05, 0.1) is 0 Å². The van der Waals surface area contributed by atoms with Crippen LogP contribution in [0, 0.1) is 0 Å². The lowest BCUT2D eigenvalue weighted by atomic mass is 9.97. The second-order valence-corrected chi connectivity index (χ2v) is 14.8. The van der Waals surface area contributed by atoms with E-state index in [1.807, 2.05) is 158 Å². The molecule has 9 rings (SSSR count). The number of primary amides is 1. The van der Waals surface area contributed by atoms with Gasteiger partial charge in [-0.3, -0.25) is 19.8 Å². The molecule has 0 aliphatic carbocycles. The van der Waals surface area contributed by atoms with E-state index in [-0.39, 0.29) is 0 Å². The van der Waals surface area contributed by atoms with Crippen molar-refractivity contribution in [2.75, 3.05) is 0 Å². The van der Waals surface area contributed by atoms with Crippen molar-refractivity contribution in [3.8, 4) is 67.0 Å². The van der Waals surface area contributed by atoms with Crippen LogP contribution in [0.2, 0.25) is 0 Å². The highest BCUT2D eigenvalue weighted by Crippen LogP contribution is 2.31. The van der Waals surface area contributed by atoms with Crippen LogP contribution in [0.15, 0.2) is 223 Å². The van der Waals surface area contributed by atoms with Crippen molar-refractivity contribution in [1.29, 1.82) is 0 Å². The molecule has 0 saturated carbocycles. The molecule has 0 spiro atoms. The fraction of sp³-hybridized carbons (Fsp3) is 0.0179. The van der Waals surface area contributed by atoms with E-state index in [1.54, 1.807) is 29.7 Å². The molecule has 1 heterocycles. The number of hydrazine groups is 1. The first-order chi connectivity index (χ1) is 33.0. The third kappa shape index (κ3) is 13.6. The number of carbonyl (C=O) groups is 4. The third-order valence-electron chi connectivity index (χ3n) is 10.1. The van der Waals surface area contributed by atoms with Gasteiger partial charge in [-0.05, 0) is 44.5 Å². The predicted molar refractivity (Wildman–Crippen MR) is 267 cm³/mol. The zero-order valence-electron chi connectivity index (χ0n) is 36.8. The van der Waals surface area contributed by atoms with E-state index in [0.717, 1.165) is 62.6 Å². The lowest BCUT2D eigenvalue weighted by Gasteiger charge is -2.09. The summed E-state index contributed by atoms with van der Waals surface area (Å²) in [6.45, 7) is 1.08. The van der Waals surface area contributed by atoms with E-state index in [4.69, 9.17) is 9.90 Å². The number of benzene rings is 8. The van der Waals surface area contributed by atoms with Gasteiger partial charge in [0.2, 0.25) is 11.6 Å². The summed E-state index contributed by atoms with van der Waals surface area (Å²) in [4.78, 5) is 59.7. The number of hydrogen-bond donors (Lipinski definition) is 5. The normalized spacial score (nSPS) is 10.0. The van der Waals surface area contributed by atoms with Gasteiger partial charge in [0.25, 0.3) is 5.97 Å². The molecular weight excluding hydrogens is 853 g/mol. The second kappa shape index (κ2) is 24.1. The molecule has 0 saturated heterocycles. The molecule has 7 N–H and O–H groups in total. The molecule has 8 aromatic carbocycles. The molecule has 1 aromatic heterocycles. The van der Waals surface area contributed by atoms with Crippen LogP contribution in [0.3, 0.4) is 0 Å². The number of nitrogens with zero attached hydrogens (tertiary/aromatic N) is 2. The summed E-state index contributed by atoms with van der Waals surface area (Å²) in [6.07, 6.45) is 0. The Labute approximate surface area is 392 Å². The number of ketones is 2. The van der Waals surface area contributed by atoms with Crippen LogP contribution < -0.4 is 22.7 Å². The number of hydrogen-bond acceptors (Lipinski definition) is 8. The Bertz CT molecular complexity index is 3020. The Morgan fingerprint density at radius 3 is 0.941 bits per heavy atom. The third-order valence-corrected chi connectivity index (χ3v) is 10.1. The number of nitrogens with one attached hydrogen (secondary N) is 2. The van der Waals surface area contributed by atoms with Crippen LogP contribution in [0.4, 0.5) is 4.79 Å². The van der Waals surface area contributed by atoms with E-state index in [1.165, 1.54) is 0 Å².